The van der Waals surface area contributed by atoms with E-state index < -0.39 is 0 Å². The summed E-state index contributed by atoms with van der Waals surface area (Å²) in [5.74, 6) is 1.72. The lowest BCUT2D eigenvalue weighted by atomic mass is 10.1. The molecule has 29 heavy (non-hydrogen) atoms. The van der Waals surface area contributed by atoms with Crippen LogP contribution in [0.2, 0.25) is 0 Å². The van der Waals surface area contributed by atoms with Gasteiger partial charge in [-0.2, -0.15) is 0 Å². The summed E-state index contributed by atoms with van der Waals surface area (Å²) in [4.78, 5) is 30.5. The fraction of sp³-hybridized carbons (Fsp3) is 0.364. The molecule has 7 heteroatoms. The summed E-state index contributed by atoms with van der Waals surface area (Å²) < 4.78 is 1.93. The maximum atomic E-state index is 13.0. The highest BCUT2D eigenvalue weighted by atomic mass is 16.2. The van der Waals surface area contributed by atoms with Crippen LogP contribution >= 0.6 is 0 Å². The van der Waals surface area contributed by atoms with E-state index in [2.05, 4.69) is 25.9 Å². The lowest BCUT2D eigenvalue weighted by Gasteiger charge is -2.26. The molecule has 7 nitrogen and oxygen atoms in total. The number of anilines is 1. The van der Waals surface area contributed by atoms with Crippen LogP contribution in [0.25, 0.3) is 0 Å². The Kier molecular flexibility index (Phi) is 5.55. The van der Waals surface area contributed by atoms with Crippen LogP contribution in [0.15, 0.2) is 55.1 Å². The van der Waals surface area contributed by atoms with Gasteiger partial charge in [-0.15, -0.1) is 0 Å². The first-order valence-electron chi connectivity index (χ1n) is 10.1. The maximum Gasteiger partial charge on any atom is 0.255 e. The van der Waals surface area contributed by atoms with E-state index in [0.717, 1.165) is 36.7 Å². The normalized spacial score (nSPS) is 16.2. The van der Waals surface area contributed by atoms with Gasteiger partial charge < -0.3 is 14.4 Å². The zero-order chi connectivity index (χ0) is 20.2. The molecule has 1 saturated heterocycles. The van der Waals surface area contributed by atoms with Crippen molar-refractivity contribution in [3.05, 3.63) is 72.2 Å². The van der Waals surface area contributed by atoms with Crippen molar-refractivity contribution in [2.45, 2.75) is 32.4 Å². The molecule has 3 aromatic rings. The molecule has 0 saturated carbocycles. The highest BCUT2D eigenvalue weighted by Gasteiger charge is 2.28. The van der Waals surface area contributed by atoms with Crippen LogP contribution in [-0.2, 0) is 13.6 Å². The second-order valence-electron chi connectivity index (χ2n) is 7.28. The number of nitrogens with zero attached hydrogens (tertiary/aromatic N) is 6. The second kappa shape index (κ2) is 8.43. The molecule has 1 aliphatic rings. The summed E-state index contributed by atoms with van der Waals surface area (Å²) in [6, 6.07) is 10.1. The van der Waals surface area contributed by atoms with Crippen LogP contribution < -0.4 is 4.90 Å². The summed E-state index contributed by atoms with van der Waals surface area (Å²) >= 11 is 0. The fourth-order valence-corrected chi connectivity index (χ4v) is 3.83. The maximum absolute atomic E-state index is 13.0. The molecule has 0 unspecified atom stereocenters. The number of rotatable bonds is 6. The quantitative estimate of drug-likeness (QED) is 0.647. The van der Waals surface area contributed by atoms with Gasteiger partial charge in [0.15, 0.2) is 0 Å². The molecule has 0 radical (unpaired) electrons. The van der Waals surface area contributed by atoms with Crippen LogP contribution in [0.3, 0.4) is 0 Å². The predicted molar refractivity (Wildman–Crippen MR) is 111 cm³/mol. The topological polar surface area (TPSA) is 67.2 Å². The Morgan fingerprint density at radius 3 is 2.72 bits per heavy atom. The number of aromatic nitrogens is 4. The van der Waals surface area contributed by atoms with Crippen LogP contribution in [0, 0.1) is 0 Å². The van der Waals surface area contributed by atoms with Crippen molar-refractivity contribution in [1.82, 2.24) is 24.4 Å². The molecule has 0 aliphatic carbocycles. The molecule has 0 spiro atoms. The smallest absolute Gasteiger partial charge is 0.255 e. The number of carbonyl (C=O) groups excluding carboxylic acids is 1. The lowest BCUT2D eigenvalue weighted by Crippen LogP contribution is -2.31. The third kappa shape index (κ3) is 3.99. The number of amides is 1. The number of pyridine rings is 2. The van der Waals surface area contributed by atoms with Gasteiger partial charge in [0.05, 0.1) is 23.8 Å². The van der Waals surface area contributed by atoms with Crippen molar-refractivity contribution in [3.63, 3.8) is 0 Å². The van der Waals surface area contributed by atoms with E-state index in [9.17, 15) is 4.79 Å². The Morgan fingerprint density at radius 2 is 2.07 bits per heavy atom. The highest BCUT2D eigenvalue weighted by molar-refractivity contribution is 5.94. The van der Waals surface area contributed by atoms with Crippen molar-refractivity contribution < 1.29 is 4.79 Å². The third-order valence-electron chi connectivity index (χ3n) is 5.49. The van der Waals surface area contributed by atoms with Gasteiger partial charge in [-0.3, -0.25) is 9.78 Å². The molecule has 150 valence electrons. The number of imidazole rings is 1. The lowest BCUT2D eigenvalue weighted by molar-refractivity contribution is 0.0747. The van der Waals surface area contributed by atoms with E-state index in [-0.39, 0.29) is 11.9 Å². The van der Waals surface area contributed by atoms with Crippen LogP contribution in [0.1, 0.15) is 47.7 Å². The monoisotopic (exact) mass is 390 g/mol. The molecule has 4 heterocycles. The summed E-state index contributed by atoms with van der Waals surface area (Å²) in [5.41, 5.74) is 1.66. The first-order valence-corrected chi connectivity index (χ1v) is 10.1. The molecule has 1 fully saturated rings. The molecule has 0 bridgehead atoms. The zero-order valence-corrected chi connectivity index (χ0v) is 16.9. The van der Waals surface area contributed by atoms with E-state index in [1.165, 1.54) is 0 Å². The predicted octanol–water partition coefficient (Wildman–Crippen LogP) is 3.21. The van der Waals surface area contributed by atoms with E-state index in [1.54, 1.807) is 17.3 Å². The second-order valence-corrected chi connectivity index (χ2v) is 7.28. The van der Waals surface area contributed by atoms with E-state index in [0.29, 0.717) is 18.7 Å². The van der Waals surface area contributed by atoms with Crippen molar-refractivity contribution in [1.29, 1.82) is 0 Å². The van der Waals surface area contributed by atoms with Gasteiger partial charge in [0.2, 0.25) is 0 Å². The third-order valence-corrected chi connectivity index (χ3v) is 5.49. The van der Waals surface area contributed by atoms with Gasteiger partial charge in [-0.05, 0) is 44.0 Å². The standard InChI is InChI=1S/C22H26N6O/c1-3-27(16-21-24-12-14-26(21)2)22(29)17-9-10-20(25-15-17)28-13-6-8-19(28)18-7-4-5-11-23-18/h4-5,7,9-12,14-15,19H,3,6,8,13,16H2,1-2H3/t19-/m0/s1. The molecule has 3 aromatic heterocycles. The Labute approximate surface area is 171 Å². The first-order chi connectivity index (χ1) is 14.2. The van der Waals surface area contributed by atoms with Crippen molar-refractivity contribution in [3.8, 4) is 0 Å². The molecule has 0 N–H and O–H groups in total. The molecule has 4 rings (SSSR count). The molecule has 0 aromatic carbocycles. The SMILES string of the molecule is CCN(Cc1nccn1C)C(=O)c1ccc(N2CCC[C@H]2c2ccccn2)nc1. The largest absolute Gasteiger partial charge is 0.348 e. The number of hydrogen-bond donors (Lipinski definition) is 0. The van der Waals surface area contributed by atoms with Crippen molar-refractivity contribution in [2.24, 2.45) is 7.05 Å². The fourth-order valence-electron chi connectivity index (χ4n) is 3.83. The Morgan fingerprint density at radius 1 is 1.17 bits per heavy atom. The molecular formula is C22H26N6O. The van der Waals surface area contributed by atoms with Gasteiger partial charge in [0.25, 0.3) is 5.91 Å². The zero-order valence-electron chi connectivity index (χ0n) is 16.9. The van der Waals surface area contributed by atoms with Crippen LogP contribution in [0.4, 0.5) is 5.82 Å². The van der Waals surface area contributed by atoms with Gasteiger partial charge in [0.1, 0.15) is 11.6 Å². The van der Waals surface area contributed by atoms with Gasteiger partial charge in [-0.1, -0.05) is 6.07 Å². The van der Waals surface area contributed by atoms with Gasteiger partial charge in [0, 0.05) is 44.9 Å². The Bertz CT molecular complexity index is 953. The number of aryl methyl sites for hydroxylation is 1. The first kappa shape index (κ1) is 19.1. The van der Waals surface area contributed by atoms with Crippen molar-refractivity contribution in [2.75, 3.05) is 18.0 Å². The minimum Gasteiger partial charge on any atom is -0.348 e. The molecule has 1 aliphatic heterocycles. The average Bonchev–Trinajstić information content (AvgIpc) is 3.41. The average molecular weight is 390 g/mol. The summed E-state index contributed by atoms with van der Waals surface area (Å²) in [6.45, 7) is 4.02. The van der Waals surface area contributed by atoms with Gasteiger partial charge >= 0.3 is 0 Å². The highest BCUT2D eigenvalue weighted by Crippen LogP contribution is 2.34. The van der Waals surface area contributed by atoms with Gasteiger partial charge in [-0.25, -0.2) is 9.97 Å². The van der Waals surface area contributed by atoms with E-state index in [4.69, 9.17) is 0 Å². The van der Waals surface area contributed by atoms with Crippen molar-refractivity contribution >= 4 is 11.7 Å². The summed E-state index contributed by atoms with van der Waals surface area (Å²) in [7, 11) is 1.94. The minimum absolute atomic E-state index is 0.0303. The number of carbonyl (C=O) groups is 1. The van der Waals surface area contributed by atoms with Crippen LogP contribution in [-0.4, -0.2) is 43.4 Å². The minimum atomic E-state index is -0.0303. The van der Waals surface area contributed by atoms with Crippen LogP contribution in [0.5, 0.6) is 0 Å². The summed E-state index contributed by atoms with van der Waals surface area (Å²) in [6.07, 6.45) is 9.33. The molecular weight excluding hydrogens is 364 g/mol. The van der Waals surface area contributed by atoms with E-state index >= 15 is 0 Å². The number of hydrogen-bond acceptors (Lipinski definition) is 5. The van der Waals surface area contributed by atoms with E-state index in [1.807, 2.05) is 55.2 Å². The Balaban J connectivity index is 1.49. The summed E-state index contributed by atoms with van der Waals surface area (Å²) in [5, 5.41) is 0. The Hall–Kier alpha value is -3.22. The molecule has 1 amide bonds. The molecule has 1 atom stereocenters.